The van der Waals surface area contributed by atoms with E-state index in [1.807, 2.05) is 6.92 Å². The first-order chi connectivity index (χ1) is 7.59. The van der Waals surface area contributed by atoms with Crippen LogP contribution in [0.2, 0.25) is 0 Å². The van der Waals surface area contributed by atoms with Crippen LogP contribution in [-0.4, -0.2) is 15.3 Å². The van der Waals surface area contributed by atoms with Gasteiger partial charge in [-0.1, -0.05) is 18.2 Å². The van der Waals surface area contributed by atoms with Gasteiger partial charge in [-0.25, -0.2) is 0 Å². The lowest BCUT2D eigenvalue weighted by atomic mass is 9.99. The van der Waals surface area contributed by atoms with E-state index in [9.17, 15) is 15.3 Å². The Morgan fingerprint density at radius 1 is 0.875 bits per heavy atom. The Morgan fingerprint density at radius 3 is 2.38 bits per heavy atom. The maximum Gasteiger partial charge on any atom is 0.165 e. The van der Waals surface area contributed by atoms with Gasteiger partial charge in [-0.3, -0.25) is 0 Å². The number of aromatic hydroxyl groups is 3. The first-order valence-electron chi connectivity index (χ1n) is 4.90. The smallest absolute Gasteiger partial charge is 0.165 e. The van der Waals surface area contributed by atoms with Gasteiger partial charge >= 0.3 is 0 Å². The molecule has 0 aliphatic heterocycles. The highest BCUT2D eigenvalue weighted by Gasteiger charge is 2.10. The monoisotopic (exact) mass is 216 g/mol. The number of benzene rings is 2. The molecule has 3 heteroatoms. The molecule has 0 heterocycles. The van der Waals surface area contributed by atoms with E-state index in [0.717, 1.165) is 5.56 Å². The SMILES string of the molecule is Cc1ccc(O)cc1-c1cccc(O)c1O. The molecule has 0 saturated carbocycles. The summed E-state index contributed by atoms with van der Waals surface area (Å²) in [5.41, 5.74) is 2.13. The summed E-state index contributed by atoms with van der Waals surface area (Å²) in [4.78, 5) is 0. The molecule has 0 radical (unpaired) electrons. The largest absolute Gasteiger partial charge is 0.508 e. The number of phenols is 3. The summed E-state index contributed by atoms with van der Waals surface area (Å²) >= 11 is 0. The van der Waals surface area contributed by atoms with Gasteiger partial charge in [0.2, 0.25) is 0 Å². The fourth-order valence-electron chi connectivity index (χ4n) is 1.65. The highest BCUT2D eigenvalue weighted by molar-refractivity contribution is 5.76. The molecule has 0 spiro atoms. The van der Waals surface area contributed by atoms with Crippen molar-refractivity contribution < 1.29 is 15.3 Å². The van der Waals surface area contributed by atoms with Crippen LogP contribution >= 0.6 is 0 Å². The lowest BCUT2D eigenvalue weighted by Crippen LogP contribution is -1.84. The predicted molar refractivity (Wildman–Crippen MR) is 61.6 cm³/mol. The van der Waals surface area contributed by atoms with E-state index in [4.69, 9.17) is 0 Å². The molecule has 3 nitrogen and oxygen atoms in total. The molecule has 0 bridgehead atoms. The van der Waals surface area contributed by atoms with Crippen LogP contribution in [0.4, 0.5) is 0 Å². The average Bonchev–Trinajstić information content (AvgIpc) is 2.26. The molecule has 0 saturated heterocycles. The van der Waals surface area contributed by atoms with Crippen molar-refractivity contribution in [3.8, 4) is 28.4 Å². The standard InChI is InChI=1S/C13H12O3/c1-8-5-6-9(14)7-11(8)10-3-2-4-12(15)13(10)16/h2-7,14-16H,1H3. The molecule has 0 aliphatic carbocycles. The minimum atomic E-state index is -0.170. The molecule has 0 amide bonds. The molecule has 0 unspecified atom stereocenters. The molecule has 0 aromatic heterocycles. The molecule has 0 atom stereocenters. The second-order valence-electron chi connectivity index (χ2n) is 3.67. The zero-order chi connectivity index (χ0) is 11.7. The second-order valence-corrected chi connectivity index (χ2v) is 3.67. The lowest BCUT2D eigenvalue weighted by Gasteiger charge is -2.09. The fourth-order valence-corrected chi connectivity index (χ4v) is 1.65. The number of hydrogen-bond donors (Lipinski definition) is 3. The van der Waals surface area contributed by atoms with Crippen molar-refractivity contribution in [2.75, 3.05) is 0 Å². The Bertz CT molecular complexity index is 533. The Labute approximate surface area is 93.2 Å². The highest BCUT2D eigenvalue weighted by atomic mass is 16.3. The molecule has 0 fully saturated rings. The third kappa shape index (κ3) is 1.67. The first-order valence-corrected chi connectivity index (χ1v) is 4.90. The second kappa shape index (κ2) is 3.77. The van der Waals surface area contributed by atoms with Crippen molar-refractivity contribution in [3.63, 3.8) is 0 Å². The number of aryl methyl sites for hydroxylation is 1. The van der Waals surface area contributed by atoms with E-state index in [1.165, 1.54) is 6.07 Å². The molecule has 2 aromatic rings. The molecule has 82 valence electrons. The summed E-state index contributed by atoms with van der Waals surface area (Å²) in [6.45, 7) is 1.87. The maximum absolute atomic E-state index is 9.73. The Hall–Kier alpha value is -2.16. The van der Waals surface area contributed by atoms with Gasteiger partial charge in [0.25, 0.3) is 0 Å². The maximum atomic E-state index is 9.73. The van der Waals surface area contributed by atoms with Gasteiger partial charge < -0.3 is 15.3 Å². The van der Waals surface area contributed by atoms with Crippen molar-refractivity contribution in [2.45, 2.75) is 6.92 Å². The van der Waals surface area contributed by atoms with Gasteiger partial charge in [0.1, 0.15) is 5.75 Å². The van der Waals surface area contributed by atoms with Crippen molar-refractivity contribution in [3.05, 3.63) is 42.0 Å². The molecule has 2 rings (SSSR count). The third-order valence-electron chi connectivity index (χ3n) is 2.53. The van der Waals surface area contributed by atoms with E-state index >= 15 is 0 Å². The van der Waals surface area contributed by atoms with Gasteiger partial charge in [-0.2, -0.15) is 0 Å². The van der Waals surface area contributed by atoms with E-state index in [1.54, 1.807) is 30.3 Å². The van der Waals surface area contributed by atoms with Crippen LogP contribution in [0, 0.1) is 6.92 Å². The Balaban J connectivity index is 2.67. The number of para-hydroxylation sites is 1. The molecular weight excluding hydrogens is 204 g/mol. The minimum Gasteiger partial charge on any atom is -0.508 e. The summed E-state index contributed by atoms with van der Waals surface area (Å²) in [7, 11) is 0. The summed E-state index contributed by atoms with van der Waals surface area (Å²) in [6.07, 6.45) is 0. The molecule has 2 aromatic carbocycles. The van der Waals surface area contributed by atoms with Crippen molar-refractivity contribution in [2.24, 2.45) is 0 Å². The van der Waals surface area contributed by atoms with E-state index in [0.29, 0.717) is 11.1 Å². The quantitative estimate of drug-likeness (QED) is 0.642. The van der Waals surface area contributed by atoms with Crippen LogP contribution in [0.3, 0.4) is 0 Å². The van der Waals surface area contributed by atoms with Crippen LogP contribution in [0.15, 0.2) is 36.4 Å². The third-order valence-corrected chi connectivity index (χ3v) is 2.53. The topological polar surface area (TPSA) is 60.7 Å². The summed E-state index contributed by atoms with van der Waals surface area (Å²) in [6, 6.07) is 9.65. The summed E-state index contributed by atoms with van der Waals surface area (Å²) < 4.78 is 0. The van der Waals surface area contributed by atoms with Gasteiger partial charge in [-0.05, 0) is 36.2 Å². The number of phenolic OH excluding ortho intramolecular Hbond substituents is 3. The minimum absolute atomic E-state index is 0.128. The van der Waals surface area contributed by atoms with E-state index < -0.39 is 0 Å². The van der Waals surface area contributed by atoms with Crippen LogP contribution in [0.25, 0.3) is 11.1 Å². The van der Waals surface area contributed by atoms with Gasteiger partial charge in [0.05, 0.1) is 0 Å². The fraction of sp³-hybridized carbons (Fsp3) is 0.0769. The molecular formula is C13H12O3. The Morgan fingerprint density at radius 2 is 1.62 bits per heavy atom. The van der Waals surface area contributed by atoms with E-state index in [-0.39, 0.29) is 17.2 Å². The van der Waals surface area contributed by atoms with Crippen LogP contribution in [0.5, 0.6) is 17.2 Å². The van der Waals surface area contributed by atoms with Crippen molar-refractivity contribution in [1.82, 2.24) is 0 Å². The van der Waals surface area contributed by atoms with Crippen LogP contribution in [-0.2, 0) is 0 Å². The van der Waals surface area contributed by atoms with Gasteiger partial charge in [0.15, 0.2) is 11.5 Å². The first kappa shape index (κ1) is 10.4. The molecule has 16 heavy (non-hydrogen) atoms. The Kier molecular flexibility index (Phi) is 2.44. The van der Waals surface area contributed by atoms with Crippen LogP contribution in [0.1, 0.15) is 5.56 Å². The van der Waals surface area contributed by atoms with Gasteiger partial charge in [-0.15, -0.1) is 0 Å². The average molecular weight is 216 g/mol. The van der Waals surface area contributed by atoms with Crippen LogP contribution < -0.4 is 0 Å². The van der Waals surface area contributed by atoms with Gasteiger partial charge in [0, 0.05) is 5.56 Å². The number of rotatable bonds is 1. The zero-order valence-electron chi connectivity index (χ0n) is 8.81. The molecule has 3 N–H and O–H groups in total. The number of hydrogen-bond acceptors (Lipinski definition) is 3. The summed E-state index contributed by atoms with van der Waals surface area (Å²) in [5, 5.41) is 28.6. The van der Waals surface area contributed by atoms with Crippen molar-refractivity contribution >= 4 is 0 Å². The summed E-state index contributed by atoms with van der Waals surface area (Å²) in [5.74, 6) is -0.209. The van der Waals surface area contributed by atoms with E-state index in [2.05, 4.69) is 0 Å². The zero-order valence-corrected chi connectivity index (χ0v) is 8.81. The predicted octanol–water partition coefficient (Wildman–Crippen LogP) is 2.78. The highest BCUT2D eigenvalue weighted by Crippen LogP contribution is 2.38. The lowest BCUT2D eigenvalue weighted by molar-refractivity contribution is 0.405. The normalized spacial score (nSPS) is 10.3. The molecule has 0 aliphatic rings. The van der Waals surface area contributed by atoms with Crippen molar-refractivity contribution in [1.29, 1.82) is 0 Å².